The lowest BCUT2D eigenvalue weighted by Crippen LogP contribution is -2.32. The van der Waals surface area contributed by atoms with Gasteiger partial charge in [-0.2, -0.15) is 0 Å². The Morgan fingerprint density at radius 3 is 2.33 bits per heavy atom. The predicted molar refractivity (Wildman–Crippen MR) is 98.0 cm³/mol. The third-order valence-electron chi connectivity index (χ3n) is 3.24. The summed E-state index contributed by atoms with van der Waals surface area (Å²) in [6.45, 7) is 5.45. The summed E-state index contributed by atoms with van der Waals surface area (Å²) in [5, 5.41) is 16.3. The molecule has 0 saturated carbocycles. The van der Waals surface area contributed by atoms with Gasteiger partial charge in [0, 0.05) is 24.2 Å². The standard InChI is InChI=1S/C18H23N3O6/c1-12(2)17(25)27-10-9-19-18(26)21-14-5-3-13(4-6-14)11-20-15(22)7-8-16(23)24/h3-6H,1,7-11H2,2H3,(H,20,22)(H,23,24)(H2,19,21,26). The van der Waals surface area contributed by atoms with Crippen LogP contribution < -0.4 is 16.0 Å². The average Bonchev–Trinajstić information content (AvgIpc) is 2.62. The topological polar surface area (TPSA) is 134 Å². The summed E-state index contributed by atoms with van der Waals surface area (Å²) in [7, 11) is 0. The van der Waals surface area contributed by atoms with Crippen LogP contribution in [0, 0.1) is 0 Å². The zero-order chi connectivity index (χ0) is 20.2. The molecule has 0 aliphatic rings. The minimum atomic E-state index is -1.02. The summed E-state index contributed by atoms with van der Waals surface area (Å²) in [6, 6.07) is 6.33. The smallest absolute Gasteiger partial charge is 0.333 e. The molecule has 0 saturated heterocycles. The Labute approximate surface area is 156 Å². The molecule has 4 N–H and O–H groups in total. The number of benzene rings is 1. The van der Waals surface area contributed by atoms with Gasteiger partial charge in [-0.3, -0.25) is 9.59 Å². The van der Waals surface area contributed by atoms with Crippen molar-refractivity contribution in [3.05, 3.63) is 42.0 Å². The SMILES string of the molecule is C=C(C)C(=O)OCCNC(=O)Nc1ccc(CNC(=O)CCC(=O)O)cc1. The van der Waals surface area contributed by atoms with Gasteiger partial charge in [-0.25, -0.2) is 9.59 Å². The van der Waals surface area contributed by atoms with Gasteiger partial charge in [0.25, 0.3) is 0 Å². The van der Waals surface area contributed by atoms with Crippen molar-refractivity contribution in [1.29, 1.82) is 0 Å². The summed E-state index contributed by atoms with van der Waals surface area (Å²) in [6.07, 6.45) is -0.285. The highest BCUT2D eigenvalue weighted by Crippen LogP contribution is 2.09. The number of hydrogen-bond donors (Lipinski definition) is 4. The van der Waals surface area contributed by atoms with E-state index < -0.39 is 18.0 Å². The van der Waals surface area contributed by atoms with Gasteiger partial charge in [0.05, 0.1) is 13.0 Å². The third kappa shape index (κ3) is 9.63. The van der Waals surface area contributed by atoms with Crippen LogP contribution in [0.15, 0.2) is 36.4 Å². The maximum absolute atomic E-state index is 11.7. The lowest BCUT2D eigenvalue weighted by Gasteiger charge is -2.09. The molecule has 3 amide bonds. The lowest BCUT2D eigenvalue weighted by atomic mass is 10.2. The van der Waals surface area contributed by atoms with Crippen LogP contribution in [0.4, 0.5) is 10.5 Å². The number of anilines is 1. The summed E-state index contributed by atoms with van der Waals surface area (Å²) in [4.78, 5) is 44.8. The van der Waals surface area contributed by atoms with Crippen molar-refractivity contribution in [3.63, 3.8) is 0 Å². The molecule has 0 spiro atoms. The molecule has 0 aliphatic carbocycles. The van der Waals surface area contributed by atoms with E-state index in [9.17, 15) is 19.2 Å². The van der Waals surface area contributed by atoms with Crippen LogP contribution in [-0.4, -0.2) is 42.1 Å². The summed E-state index contributed by atoms with van der Waals surface area (Å²) >= 11 is 0. The zero-order valence-corrected chi connectivity index (χ0v) is 15.0. The first-order valence-corrected chi connectivity index (χ1v) is 8.23. The minimum Gasteiger partial charge on any atom is -0.481 e. The molecule has 27 heavy (non-hydrogen) atoms. The molecule has 0 heterocycles. The second kappa shape index (κ2) is 11.3. The Balaban J connectivity index is 2.29. The Hall–Kier alpha value is -3.36. The molecule has 9 nitrogen and oxygen atoms in total. The van der Waals surface area contributed by atoms with Crippen molar-refractivity contribution < 1.29 is 29.0 Å². The van der Waals surface area contributed by atoms with Gasteiger partial charge in [-0.15, -0.1) is 0 Å². The van der Waals surface area contributed by atoms with Gasteiger partial charge in [0.1, 0.15) is 6.61 Å². The highest BCUT2D eigenvalue weighted by atomic mass is 16.5. The number of nitrogens with one attached hydrogen (secondary N) is 3. The van der Waals surface area contributed by atoms with Gasteiger partial charge in [0.15, 0.2) is 0 Å². The Morgan fingerprint density at radius 1 is 1.07 bits per heavy atom. The van der Waals surface area contributed by atoms with E-state index in [0.717, 1.165) is 5.56 Å². The number of carboxylic acids is 1. The maximum atomic E-state index is 11.7. The van der Waals surface area contributed by atoms with Crippen LogP contribution in [0.2, 0.25) is 0 Å². The number of hydrogen-bond acceptors (Lipinski definition) is 5. The molecular weight excluding hydrogens is 354 g/mol. The van der Waals surface area contributed by atoms with Crippen molar-refractivity contribution in [1.82, 2.24) is 10.6 Å². The first-order chi connectivity index (χ1) is 12.8. The van der Waals surface area contributed by atoms with Gasteiger partial charge in [0.2, 0.25) is 5.91 Å². The van der Waals surface area contributed by atoms with Crippen LogP contribution in [0.5, 0.6) is 0 Å². The van der Waals surface area contributed by atoms with Crippen molar-refractivity contribution >= 4 is 29.6 Å². The number of carbonyl (C=O) groups is 4. The molecule has 0 aliphatic heterocycles. The van der Waals surface area contributed by atoms with Crippen molar-refractivity contribution in [2.45, 2.75) is 26.3 Å². The van der Waals surface area contributed by atoms with Gasteiger partial charge < -0.3 is 25.8 Å². The number of carboxylic acid groups (broad SMARTS) is 1. The number of ether oxygens (including phenoxy) is 1. The van der Waals surface area contributed by atoms with E-state index in [4.69, 9.17) is 9.84 Å². The zero-order valence-electron chi connectivity index (χ0n) is 15.0. The van der Waals surface area contributed by atoms with E-state index in [0.29, 0.717) is 5.69 Å². The van der Waals surface area contributed by atoms with E-state index in [1.165, 1.54) is 6.92 Å². The fourth-order valence-corrected chi connectivity index (χ4v) is 1.82. The van der Waals surface area contributed by atoms with Crippen molar-refractivity contribution in [2.24, 2.45) is 0 Å². The van der Waals surface area contributed by atoms with E-state index in [1.54, 1.807) is 24.3 Å². The number of esters is 1. The predicted octanol–water partition coefficient (Wildman–Crippen LogP) is 1.41. The van der Waals surface area contributed by atoms with Crippen LogP contribution in [-0.2, 0) is 25.7 Å². The van der Waals surface area contributed by atoms with Crippen LogP contribution in [0.3, 0.4) is 0 Å². The number of amides is 3. The molecule has 146 valence electrons. The molecule has 0 bridgehead atoms. The van der Waals surface area contributed by atoms with Gasteiger partial charge in [-0.05, 0) is 24.6 Å². The molecule has 0 atom stereocenters. The number of carbonyl (C=O) groups excluding carboxylic acids is 3. The second-order valence-corrected chi connectivity index (χ2v) is 5.66. The Bertz CT molecular complexity index is 700. The summed E-state index contributed by atoms with van der Waals surface area (Å²) in [5.74, 6) is -1.87. The van der Waals surface area contributed by atoms with E-state index in [-0.39, 0.29) is 44.0 Å². The Kier molecular flexibility index (Phi) is 9.07. The molecule has 1 aromatic carbocycles. The molecule has 0 unspecified atom stereocenters. The second-order valence-electron chi connectivity index (χ2n) is 5.66. The van der Waals surface area contributed by atoms with Crippen LogP contribution in [0.25, 0.3) is 0 Å². The average molecular weight is 377 g/mol. The maximum Gasteiger partial charge on any atom is 0.333 e. The molecule has 0 aromatic heterocycles. The normalized spacial score (nSPS) is 9.81. The molecule has 9 heteroatoms. The van der Waals surface area contributed by atoms with Gasteiger partial charge in [-0.1, -0.05) is 18.7 Å². The number of urea groups is 1. The molecule has 0 fully saturated rings. The first-order valence-electron chi connectivity index (χ1n) is 8.23. The van der Waals surface area contributed by atoms with Crippen LogP contribution in [0.1, 0.15) is 25.3 Å². The lowest BCUT2D eigenvalue weighted by molar-refractivity contribution is -0.139. The van der Waals surface area contributed by atoms with Gasteiger partial charge >= 0.3 is 18.0 Å². The quantitative estimate of drug-likeness (QED) is 0.277. The Morgan fingerprint density at radius 2 is 1.74 bits per heavy atom. The highest BCUT2D eigenvalue weighted by molar-refractivity contribution is 5.89. The summed E-state index contributed by atoms with van der Waals surface area (Å²) in [5.41, 5.74) is 1.64. The van der Waals surface area contributed by atoms with E-state index >= 15 is 0 Å². The van der Waals surface area contributed by atoms with E-state index in [2.05, 4.69) is 22.5 Å². The molecule has 0 radical (unpaired) electrons. The molecule has 1 rings (SSSR count). The summed E-state index contributed by atoms with van der Waals surface area (Å²) < 4.78 is 4.85. The minimum absolute atomic E-state index is 0.0413. The number of rotatable bonds is 10. The van der Waals surface area contributed by atoms with E-state index in [1.807, 2.05) is 0 Å². The fraction of sp³-hybridized carbons (Fsp3) is 0.333. The molecular formula is C18H23N3O6. The van der Waals surface area contributed by atoms with Crippen molar-refractivity contribution in [3.8, 4) is 0 Å². The largest absolute Gasteiger partial charge is 0.481 e. The monoisotopic (exact) mass is 377 g/mol. The third-order valence-corrected chi connectivity index (χ3v) is 3.24. The fourth-order valence-electron chi connectivity index (χ4n) is 1.82. The first kappa shape index (κ1) is 21.7. The van der Waals surface area contributed by atoms with Crippen LogP contribution >= 0.6 is 0 Å². The van der Waals surface area contributed by atoms with Crippen molar-refractivity contribution in [2.75, 3.05) is 18.5 Å². The molecule has 1 aromatic rings. The number of aliphatic carboxylic acids is 1. The highest BCUT2D eigenvalue weighted by Gasteiger charge is 2.06.